The number of carbonyl (C=O) groups is 3. The summed E-state index contributed by atoms with van der Waals surface area (Å²) in [7, 11) is 0. The van der Waals surface area contributed by atoms with Crippen LogP contribution in [0.4, 0.5) is 0 Å². The van der Waals surface area contributed by atoms with Crippen molar-refractivity contribution >= 4 is 41.2 Å². The summed E-state index contributed by atoms with van der Waals surface area (Å²) in [5, 5.41) is 2.90. The molecule has 8 heteroatoms. The van der Waals surface area contributed by atoms with E-state index in [1.807, 2.05) is 6.26 Å². The maximum absolute atomic E-state index is 12.3. The van der Waals surface area contributed by atoms with Crippen molar-refractivity contribution in [3.8, 4) is 0 Å². The Morgan fingerprint density at radius 1 is 1.24 bits per heavy atom. The number of thioether (sulfide) groups is 1. The standard InChI is InChI=1S/C17H22ClNO5S/c1-11(2)24-15(20)10-23-17(22)14(8-9-25-3)19-16(21)12-6-4-5-7-13(12)18/h4-7,11,14H,8-10H2,1-3H3,(H,19,21). The lowest BCUT2D eigenvalue weighted by Crippen LogP contribution is -2.43. The third-order valence-corrected chi connectivity index (χ3v) is 3.99. The minimum atomic E-state index is -0.872. The summed E-state index contributed by atoms with van der Waals surface area (Å²) in [5.41, 5.74) is 0.269. The van der Waals surface area contributed by atoms with Crippen molar-refractivity contribution in [2.75, 3.05) is 18.6 Å². The Hall–Kier alpha value is -1.73. The van der Waals surface area contributed by atoms with Gasteiger partial charge in [0.05, 0.1) is 16.7 Å². The topological polar surface area (TPSA) is 81.7 Å². The fraction of sp³-hybridized carbons (Fsp3) is 0.471. The van der Waals surface area contributed by atoms with E-state index in [0.29, 0.717) is 12.2 Å². The lowest BCUT2D eigenvalue weighted by atomic mass is 10.1. The van der Waals surface area contributed by atoms with E-state index >= 15 is 0 Å². The Balaban J connectivity index is 2.69. The van der Waals surface area contributed by atoms with Gasteiger partial charge in [0, 0.05) is 0 Å². The number of benzene rings is 1. The molecule has 0 heterocycles. The van der Waals surface area contributed by atoms with Crippen molar-refractivity contribution < 1.29 is 23.9 Å². The number of nitrogens with one attached hydrogen (secondary N) is 1. The monoisotopic (exact) mass is 387 g/mol. The van der Waals surface area contributed by atoms with Crippen LogP contribution in [-0.4, -0.2) is 48.6 Å². The molecule has 25 heavy (non-hydrogen) atoms. The molecule has 1 amide bonds. The second-order valence-electron chi connectivity index (χ2n) is 5.43. The summed E-state index contributed by atoms with van der Waals surface area (Å²) in [6.45, 7) is 2.91. The van der Waals surface area contributed by atoms with Crippen molar-refractivity contribution in [2.24, 2.45) is 0 Å². The molecule has 0 aromatic heterocycles. The number of ether oxygens (including phenoxy) is 2. The average molecular weight is 388 g/mol. The summed E-state index contributed by atoms with van der Waals surface area (Å²) < 4.78 is 9.86. The molecule has 1 rings (SSSR count). The van der Waals surface area contributed by atoms with Crippen molar-refractivity contribution in [3.63, 3.8) is 0 Å². The minimum Gasteiger partial charge on any atom is -0.460 e. The number of hydrogen-bond acceptors (Lipinski definition) is 6. The Bertz CT molecular complexity index is 608. The molecular weight excluding hydrogens is 366 g/mol. The SMILES string of the molecule is CSCCC(NC(=O)c1ccccc1Cl)C(=O)OCC(=O)OC(C)C. The molecule has 0 spiro atoms. The summed E-state index contributed by atoms with van der Waals surface area (Å²) >= 11 is 7.52. The van der Waals surface area contributed by atoms with Crippen LogP contribution in [-0.2, 0) is 19.1 Å². The van der Waals surface area contributed by atoms with Gasteiger partial charge in [-0.2, -0.15) is 11.8 Å². The van der Waals surface area contributed by atoms with Crippen LogP contribution in [0.15, 0.2) is 24.3 Å². The third kappa shape index (κ3) is 7.79. The minimum absolute atomic E-state index is 0.269. The van der Waals surface area contributed by atoms with E-state index in [1.54, 1.807) is 38.1 Å². The quantitative estimate of drug-likeness (QED) is 0.656. The fourth-order valence-corrected chi connectivity index (χ4v) is 2.59. The van der Waals surface area contributed by atoms with Crippen LogP contribution in [0.1, 0.15) is 30.6 Å². The molecule has 0 saturated carbocycles. The molecule has 0 aliphatic heterocycles. The van der Waals surface area contributed by atoms with Crippen LogP contribution in [0.3, 0.4) is 0 Å². The largest absolute Gasteiger partial charge is 0.460 e. The van der Waals surface area contributed by atoms with E-state index in [9.17, 15) is 14.4 Å². The Morgan fingerprint density at radius 3 is 2.52 bits per heavy atom. The molecule has 1 N–H and O–H groups in total. The highest BCUT2D eigenvalue weighted by molar-refractivity contribution is 7.98. The highest BCUT2D eigenvalue weighted by atomic mass is 35.5. The van der Waals surface area contributed by atoms with Gasteiger partial charge in [0.25, 0.3) is 5.91 Å². The van der Waals surface area contributed by atoms with Gasteiger partial charge in [-0.25, -0.2) is 9.59 Å². The van der Waals surface area contributed by atoms with Crippen LogP contribution >= 0.6 is 23.4 Å². The third-order valence-electron chi connectivity index (χ3n) is 3.02. The van der Waals surface area contributed by atoms with Gasteiger partial charge < -0.3 is 14.8 Å². The maximum Gasteiger partial charge on any atom is 0.344 e. The normalized spacial score (nSPS) is 11.7. The highest BCUT2D eigenvalue weighted by Gasteiger charge is 2.24. The first-order chi connectivity index (χ1) is 11.8. The highest BCUT2D eigenvalue weighted by Crippen LogP contribution is 2.15. The zero-order valence-electron chi connectivity index (χ0n) is 14.4. The van der Waals surface area contributed by atoms with Gasteiger partial charge in [-0.05, 0) is 44.4 Å². The molecule has 1 aromatic carbocycles. The Labute approximate surface area is 156 Å². The first kappa shape index (κ1) is 21.3. The van der Waals surface area contributed by atoms with Gasteiger partial charge in [-0.1, -0.05) is 23.7 Å². The van der Waals surface area contributed by atoms with Crippen LogP contribution in [0.2, 0.25) is 5.02 Å². The first-order valence-corrected chi connectivity index (χ1v) is 9.52. The fourth-order valence-electron chi connectivity index (χ4n) is 1.89. The van der Waals surface area contributed by atoms with Crippen LogP contribution in [0.25, 0.3) is 0 Å². The number of hydrogen-bond donors (Lipinski definition) is 1. The van der Waals surface area contributed by atoms with Crippen LogP contribution in [0.5, 0.6) is 0 Å². The summed E-state index contributed by atoms with van der Waals surface area (Å²) in [4.78, 5) is 36.0. The zero-order chi connectivity index (χ0) is 18.8. The number of halogens is 1. The molecule has 1 aromatic rings. The van der Waals surface area contributed by atoms with Gasteiger partial charge in [-0.15, -0.1) is 0 Å². The number of amides is 1. The molecule has 0 bridgehead atoms. The van der Waals surface area contributed by atoms with E-state index < -0.39 is 30.5 Å². The zero-order valence-corrected chi connectivity index (χ0v) is 16.0. The molecule has 1 atom stereocenters. The molecule has 0 aliphatic rings. The molecule has 0 fully saturated rings. The van der Waals surface area contributed by atoms with Crippen molar-refractivity contribution in [1.29, 1.82) is 0 Å². The summed E-state index contributed by atoms with van der Waals surface area (Å²) in [6, 6.07) is 5.67. The lowest BCUT2D eigenvalue weighted by Gasteiger charge is -2.18. The van der Waals surface area contributed by atoms with Crippen molar-refractivity contribution in [2.45, 2.75) is 32.4 Å². The van der Waals surface area contributed by atoms with Crippen molar-refractivity contribution in [3.05, 3.63) is 34.9 Å². The van der Waals surface area contributed by atoms with Crippen molar-refractivity contribution in [1.82, 2.24) is 5.32 Å². The number of esters is 2. The molecule has 0 saturated heterocycles. The average Bonchev–Trinajstić information content (AvgIpc) is 2.56. The van der Waals surface area contributed by atoms with Gasteiger partial charge in [0.2, 0.25) is 0 Å². The van der Waals surface area contributed by atoms with Gasteiger partial charge in [-0.3, -0.25) is 4.79 Å². The molecule has 0 radical (unpaired) electrons. The maximum atomic E-state index is 12.3. The predicted octanol–water partition coefficient (Wildman–Crippen LogP) is 2.69. The first-order valence-electron chi connectivity index (χ1n) is 7.75. The molecular formula is C17H22ClNO5S. The summed E-state index contributed by atoms with van der Waals surface area (Å²) in [6.07, 6.45) is 1.96. The Kier molecular flexibility index (Phi) is 9.37. The van der Waals surface area contributed by atoms with E-state index in [2.05, 4.69) is 5.32 Å². The lowest BCUT2D eigenvalue weighted by molar-refractivity contribution is -0.162. The van der Waals surface area contributed by atoms with Crippen LogP contribution < -0.4 is 5.32 Å². The number of rotatable bonds is 9. The number of carbonyl (C=O) groups excluding carboxylic acids is 3. The second kappa shape index (κ2) is 11.0. The van der Waals surface area contributed by atoms with E-state index in [0.717, 1.165) is 0 Å². The van der Waals surface area contributed by atoms with E-state index in [-0.39, 0.29) is 16.7 Å². The van der Waals surface area contributed by atoms with E-state index in [1.165, 1.54) is 11.8 Å². The molecule has 6 nitrogen and oxygen atoms in total. The van der Waals surface area contributed by atoms with Gasteiger partial charge in [0.1, 0.15) is 6.04 Å². The molecule has 138 valence electrons. The predicted molar refractivity (Wildman–Crippen MR) is 97.9 cm³/mol. The van der Waals surface area contributed by atoms with Gasteiger partial charge in [0.15, 0.2) is 6.61 Å². The summed E-state index contributed by atoms with van der Waals surface area (Å²) in [5.74, 6) is -1.16. The van der Waals surface area contributed by atoms with Crippen LogP contribution in [0, 0.1) is 0 Å². The second-order valence-corrected chi connectivity index (χ2v) is 6.83. The molecule has 1 unspecified atom stereocenters. The smallest absolute Gasteiger partial charge is 0.344 e. The van der Waals surface area contributed by atoms with E-state index in [4.69, 9.17) is 21.1 Å². The Morgan fingerprint density at radius 2 is 1.92 bits per heavy atom. The van der Waals surface area contributed by atoms with Gasteiger partial charge >= 0.3 is 11.9 Å². The molecule has 0 aliphatic carbocycles.